The lowest BCUT2D eigenvalue weighted by molar-refractivity contribution is -0.385. The SMILES string of the molecule is CC[C@H](C)[C@@H](NC(=O)COc1ccc(C(=O)OC)cc1[N+](=O)[O-])C(=O)OC. The number of nitro groups is 1. The molecule has 0 bridgehead atoms. The van der Waals surface area contributed by atoms with E-state index in [2.05, 4.69) is 14.8 Å². The molecular formula is C17H22N2O8. The van der Waals surface area contributed by atoms with Crippen molar-refractivity contribution >= 4 is 23.5 Å². The molecule has 0 heterocycles. The summed E-state index contributed by atoms with van der Waals surface area (Å²) in [4.78, 5) is 45.8. The average Bonchev–Trinajstić information content (AvgIpc) is 2.68. The van der Waals surface area contributed by atoms with Crippen LogP contribution in [0.25, 0.3) is 0 Å². The van der Waals surface area contributed by atoms with Gasteiger partial charge in [0.15, 0.2) is 12.4 Å². The molecule has 0 fully saturated rings. The smallest absolute Gasteiger partial charge is 0.338 e. The van der Waals surface area contributed by atoms with Crippen LogP contribution < -0.4 is 10.1 Å². The van der Waals surface area contributed by atoms with Crippen molar-refractivity contribution in [2.75, 3.05) is 20.8 Å². The van der Waals surface area contributed by atoms with Crippen molar-refractivity contribution in [1.82, 2.24) is 5.32 Å². The molecule has 10 heteroatoms. The molecule has 10 nitrogen and oxygen atoms in total. The fourth-order valence-electron chi connectivity index (χ4n) is 2.18. The molecule has 1 N–H and O–H groups in total. The van der Waals surface area contributed by atoms with Crippen LogP contribution in [0.15, 0.2) is 18.2 Å². The van der Waals surface area contributed by atoms with E-state index in [4.69, 9.17) is 4.74 Å². The number of hydrogen-bond donors (Lipinski definition) is 1. The van der Waals surface area contributed by atoms with Crippen molar-refractivity contribution in [2.24, 2.45) is 5.92 Å². The van der Waals surface area contributed by atoms with Gasteiger partial charge in [0.2, 0.25) is 0 Å². The molecule has 0 unspecified atom stereocenters. The number of nitrogens with one attached hydrogen (secondary N) is 1. The third kappa shape index (κ3) is 5.94. The minimum Gasteiger partial charge on any atom is -0.477 e. The highest BCUT2D eigenvalue weighted by molar-refractivity contribution is 5.90. The second-order valence-corrected chi connectivity index (χ2v) is 5.67. The summed E-state index contributed by atoms with van der Waals surface area (Å²) < 4.78 is 14.4. The van der Waals surface area contributed by atoms with Gasteiger partial charge in [0.25, 0.3) is 5.91 Å². The molecule has 1 aromatic carbocycles. The van der Waals surface area contributed by atoms with Gasteiger partial charge in [0.1, 0.15) is 6.04 Å². The van der Waals surface area contributed by atoms with Crippen LogP contribution in [-0.4, -0.2) is 49.6 Å². The second-order valence-electron chi connectivity index (χ2n) is 5.67. The Morgan fingerprint density at radius 3 is 2.41 bits per heavy atom. The molecule has 0 saturated carbocycles. The Labute approximate surface area is 155 Å². The van der Waals surface area contributed by atoms with Gasteiger partial charge in [-0.15, -0.1) is 0 Å². The summed E-state index contributed by atoms with van der Waals surface area (Å²) in [7, 11) is 2.37. The molecule has 0 saturated heterocycles. The summed E-state index contributed by atoms with van der Waals surface area (Å²) in [6.07, 6.45) is 0.626. The predicted octanol–water partition coefficient (Wildman–Crippen LogP) is 1.46. The Morgan fingerprint density at radius 1 is 1.22 bits per heavy atom. The Hall–Kier alpha value is -3.17. The van der Waals surface area contributed by atoms with E-state index in [1.807, 2.05) is 6.92 Å². The normalized spacial score (nSPS) is 12.4. The molecule has 0 radical (unpaired) electrons. The number of nitrogens with zero attached hydrogens (tertiary/aromatic N) is 1. The summed E-state index contributed by atoms with van der Waals surface area (Å²) >= 11 is 0. The van der Waals surface area contributed by atoms with Gasteiger partial charge in [0.05, 0.1) is 24.7 Å². The number of amides is 1. The highest BCUT2D eigenvalue weighted by atomic mass is 16.6. The first-order chi connectivity index (χ1) is 12.7. The number of nitro benzene ring substituents is 1. The van der Waals surface area contributed by atoms with Gasteiger partial charge in [0, 0.05) is 6.07 Å². The van der Waals surface area contributed by atoms with Crippen LogP contribution >= 0.6 is 0 Å². The number of hydrogen-bond acceptors (Lipinski definition) is 8. The van der Waals surface area contributed by atoms with Gasteiger partial charge < -0.3 is 19.5 Å². The Balaban J connectivity index is 2.87. The van der Waals surface area contributed by atoms with Crippen LogP contribution in [0.1, 0.15) is 30.6 Å². The molecule has 1 aromatic rings. The van der Waals surface area contributed by atoms with E-state index in [0.29, 0.717) is 6.42 Å². The van der Waals surface area contributed by atoms with Crippen LogP contribution in [0.3, 0.4) is 0 Å². The second kappa shape index (κ2) is 10.1. The van der Waals surface area contributed by atoms with Crippen molar-refractivity contribution in [1.29, 1.82) is 0 Å². The van der Waals surface area contributed by atoms with Crippen molar-refractivity contribution in [2.45, 2.75) is 26.3 Å². The molecule has 148 valence electrons. The number of carbonyl (C=O) groups is 3. The number of esters is 2. The third-order valence-electron chi connectivity index (χ3n) is 3.92. The highest BCUT2D eigenvalue weighted by Crippen LogP contribution is 2.28. The summed E-state index contributed by atoms with van der Waals surface area (Å²) in [6, 6.07) is 2.62. The van der Waals surface area contributed by atoms with E-state index >= 15 is 0 Å². The number of ether oxygens (including phenoxy) is 3. The minimum absolute atomic E-state index is 0.0245. The quantitative estimate of drug-likeness (QED) is 0.385. The zero-order chi connectivity index (χ0) is 20.6. The molecule has 1 amide bonds. The molecule has 0 aliphatic heterocycles. The first-order valence-corrected chi connectivity index (χ1v) is 8.11. The predicted molar refractivity (Wildman–Crippen MR) is 93.3 cm³/mol. The number of methoxy groups -OCH3 is 2. The summed E-state index contributed by atoms with van der Waals surface area (Å²) in [5.74, 6) is -2.34. The summed E-state index contributed by atoms with van der Waals surface area (Å²) in [5.41, 5.74) is -0.513. The lowest BCUT2D eigenvalue weighted by Crippen LogP contribution is -2.47. The standard InChI is InChI=1S/C17H22N2O8/c1-5-10(2)15(17(22)26-4)18-14(20)9-27-13-7-6-11(16(21)25-3)8-12(13)19(23)24/h6-8,10,15H,5,9H2,1-4H3,(H,18,20)/t10-,15+/m0/s1. The van der Waals surface area contributed by atoms with E-state index in [1.165, 1.54) is 19.2 Å². The van der Waals surface area contributed by atoms with Crippen LogP contribution in [0.5, 0.6) is 5.75 Å². The van der Waals surface area contributed by atoms with Crippen molar-refractivity contribution in [3.05, 3.63) is 33.9 Å². The van der Waals surface area contributed by atoms with Crippen LogP contribution in [0.4, 0.5) is 5.69 Å². The summed E-state index contributed by atoms with van der Waals surface area (Å²) in [6.45, 7) is 3.08. The van der Waals surface area contributed by atoms with Gasteiger partial charge in [-0.25, -0.2) is 9.59 Å². The Bertz CT molecular complexity index is 719. The lowest BCUT2D eigenvalue weighted by Gasteiger charge is -2.21. The zero-order valence-electron chi connectivity index (χ0n) is 15.5. The highest BCUT2D eigenvalue weighted by Gasteiger charge is 2.27. The maximum absolute atomic E-state index is 12.1. The Morgan fingerprint density at radius 2 is 1.89 bits per heavy atom. The average molecular weight is 382 g/mol. The molecular weight excluding hydrogens is 360 g/mol. The molecule has 27 heavy (non-hydrogen) atoms. The molecule has 0 aliphatic carbocycles. The maximum Gasteiger partial charge on any atom is 0.338 e. The topological polar surface area (TPSA) is 134 Å². The van der Waals surface area contributed by atoms with E-state index in [0.717, 1.165) is 13.2 Å². The fourth-order valence-corrected chi connectivity index (χ4v) is 2.18. The largest absolute Gasteiger partial charge is 0.477 e. The molecule has 1 rings (SSSR count). The minimum atomic E-state index is -0.854. The maximum atomic E-state index is 12.1. The number of carbonyl (C=O) groups excluding carboxylic acids is 3. The zero-order valence-corrected chi connectivity index (χ0v) is 15.5. The first-order valence-electron chi connectivity index (χ1n) is 8.11. The third-order valence-corrected chi connectivity index (χ3v) is 3.92. The van der Waals surface area contributed by atoms with Gasteiger partial charge in [-0.1, -0.05) is 20.3 Å². The van der Waals surface area contributed by atoms with Gasteiger partial charge >= 0.3 is 17.6 Å². The van der Waals surface area contributed by atoms with Gasteiger partial charge in [-0.05, 0) is 18.1 Å². The van der Waals surface area contributed by atoms with Gasteiger partial charge in [-0.3, -0.25) is 14.9 Å². The molecule has 2 atom stereocenters. The van der Waals surface area contributed by atoms with Crippen molar-refractivity contribution < 1.29 is 33.5 Å². The molecule has 0 aromatic heterocycles. The Kier molecular flexibility index (Phi) is 8.18. The van der Waals surface area contributed by atoms with Crippen molar-refractivity contribution in [3.63, 3.8) is 0 Å². The monoisotopic (exact) mass is 382 g/mol. The van der Waals surface area contributed by atoms with E-state index < -0.39 is 41.1 Å². The van der Waals surface area contributed by atoms with Gasteiger partial charge in [-0.2, -0.15) is 0 Å². The number of rotatable bonds is 9. The number of benzene rings is 1. The lowest BCUT2D eigenvalue weighted by atomic mass is 9.99. The van der Waals surface area contributed by atoms with Crippen LogP contribution in [-0.2, 0) is 19.1 Å². The van der Waals surface area contributed by atoms with Crippen LogP contribution in [0, 0.1) is 16.0 Å². The molecule has 0 aliphatic rings. The summed E-state index contributed by atoms with van der Waals surface area (Å²) in [5, 5.41) is 13.7. The first kappa shape index (κ1) is 21.9. The van der Waals surface area contributed by atoms with Crippen LogP contribution in [0.2, 0.25) is 0 Å². The van der Waals surface area contributed by atoms with E-state index in [1.54, 1.807) is 6.92 Å². The molecule has 0 spiro atoms. The van der Waals surface area contributed by atoms with Crippen molar-refractivity contribution in [3.8, 4) is 5.75 Å². The fraction of sp³-hybridized carbons (Fsp3) is 0.471. The van der Waals surface area contributed by atoms with E-state index in [-0.39, 0.29) is 17.2 Å². The van der Waals surface area contributed by atoms with E-state index in [9.17, 15) is 24.5 Å².